The Kier molecular flexibility index (Phi) is 6.71. The van der Waals surface area contributed by atoms with E-state index < -0.39 is 0 Å². The van der Waals surface area contributed by atoms with Crippen LogP contribution in [0.25, 0.3) is 58.8 Å². The Balaban J connectivity index is 1.10. The fourth-order valence-corrected chi connectivity index (χ4v) is 8.51. The van der Waals surface area contributed by atoms with Crippen LogP contribution in [0, 0.1) is 0 Å². The summed E-state index contributed by atoms with van der Waals surface area (Å²) in [6.07, 6.45) is -0.266. The monoisotopic (exact) mass is 658 g/mol. The van der Waals surface area contributed by atoms with E-state index in [1.54, 1.807) is 0 Å². The minimum absolute atomic E-state index is 0.266. The number of aromatic nitrogens is 1. The standard InChI is InChI=1S/C45H30N4S/c1-3-12-29(13-4-1)32-16-11-17-33(28-32)45-47-43(30-14-5-2-6-15-30)46-44(48-45)31-22-24-34(25-23-31)49-39-20-9-7-18-35(39)37-26-27-38-36-19-8-10-21-40(36)50-42(38)41(37)49/h1-28,43H,(H,46,47,48). The van der Waals surface area contributed by atoms with Crippen molar-refractivity contribution in [2.24, 2.45) is 9.98 Å². The van der Waals surface area contributed by atoms with Gasteiger partial charge in [-0.15, -0.1) is 11.3 Å². The highest BCUT2D eigenvalue weighted by atomic mass is 32.1. The lowest BCUT2D eigenvalue weighted by Gasteiger charge is -2.24. The van der Waals surface area contributed by atoms with Crippen LogP contribution in [-0.4, -0.2) is 16.2 Å². The van der Waals surface area contributed by atoms with Gasteiger partial charge in [-0.2, -0.15) is 0 Å². The molecule has 0 amide bonds. The Morgan fingerprint density at radius 3 is 2.04 bits per heavy atom. The summed E-state index contributed by atoms with van der Waals surface area (Å²) < 4.78 is 5.05. The van der Waals surface area contributed by atoms with Gasteiger partial charge in [0.05, 0.1) is 15.7 Å². The van der Waals surface area contributed by atoms with Crippen LogP contribution in [0.3, 0.4) is 0 Å². The highest BCUT2D eigenvalue weighted by molar-refractivity contribution is 7.26. The van der Waals surface area contributed by atoms with E-state index in [0.717, 1.165) is 33.8 Å². The van der Waals surface area contributed by atoms with E-state index in [2.05, 4.69) is 168 Å². The number of thiophene rings is 1. The zero-order valence-corrected chi connectivity index (χ0v) is 27.8. The first-order valence-electron chi connectivity index (χ1n) is 16.9. The minimum Gasteiger partial charge on any atom is -0.344 e. The van der Waals surface area contributed by atoms with Gasteiger partial charge in [-0.25, -0.2) is 9.98 Å². The van der Waals surface area contributed by atoms with E-state index in [1.807, 2.05) is 23.5 Å². The second kappa shape index (κ2) is 11.7. The van der Waals surface area contributed by atoms with Crippen LogP contribution in [0.15, 0.2) is 180 Å². The Hall–Kier alpha value is -6.30. The molecule has 0 fully saturated rings. The second-order valence-corrected chi connectivity index (χ2v) is 13.7. The molecule has 1 unspecified atom stereocenters. The molecule has 1 N–H and O–H groups in total. The van der Waals surface area contributed by atoms with E-state index in [0.29, 0.717) is 5.84 Å². The Bertz CT molecular complexity index is 2770. The van der Waals surface area contributed by atoms with E-state index in [4.69, 9.17) is 9.98 Å². The van der Waals surface area contributed by atoms with Gasteiger partial charge < -0.3 is 9.88 Å². The van der Waals surface area contributed by atoms with Crippen LogP contribution in [0.1, 0.15) is 22.9 Å². The molecule has 0 saturated heterocycles. The van der Waals surface area contributed by atoms with Gasteiger partial charge in [0, 0.05) is 43.1 Å². The van der Waals surface area contributed by atoms with Crippen molar-refractivity contribution >= 4 is 65.0 Å². The van der Waals surface area contributed by atoms with E-state index in [1.165, 1.54) is 47.5 Å². The molecule has 50 heavy (non-hydrogen) atoms. The summed E-state index contributed by atoms with van der Waals surface area (Å²) in [5.74, 6) is 1.51. The van der Waals surface area contributed by atoms with Crippen LogP contribution in [0.2, 0.25) is 0 Å². The molecular weight excluding hydrogens is 629 g/mol. The predicted octanol–water partition coefficient (Wildman–Crippen LogP) is 11.3. The maximum atomic E-state index is 5.14. The van der Waals surface area contributed by atoms with E-state index >= 15 is 0 Å². The van der Waals surface area contributed by atoms with Gasteiger partial charge in [-0.3, -0.25) is 0 Å². The summed E-state index contributed by atoms with van der Waals surface area (Å²) in [6, 6.07) is 60.2. The second-order valence-electron chi connectivity index (χ2n) is 12.7. The highest BCUT2D eigenvalue weighted by Crippen LogP contribution is 2.42. The van der Waals surface area contributed by atoms with Crippen molar-refractivity contribution in [1.29, 1.82) is 0 Å². The minimum atomic E-state index is -0.266. The van der Waals surface area contributed by atoms with Crippen LogP contribution >= 0.6 is 11.3 Å². The number of benzene rings is 7. The fraction of sp³-hybridized carbons (Fsp3) is 0.0222. The van der Waals surface area contributed by atoms with Crippen LogP contribution < -0.4 is 5.32 Å². The third-order valence-corrected chi connectivity index (χ3v) is 10.9. The molecule has 0 saturated carbocycles. The predicted molar refractivity (Wildman–Crippen MR) is 211 cm³/mol. The Morgan fingerprint density at radius 1 is 0.520 bits per heavy atom. The van der Waals surface area contributed by atoms with Crippen molar-refractivity contribution in [1.82, 2.24) is 9.88 Å². The molecule has 0 bridgehead atoms. The van der Waals surface area contributed by atoms with Crippen molar-refractivity contribution in [3.63, 3.8) is 0 Å². The molecule has 5 heteroatoms. The van der Waals surface area contributed by atoms with Crippen molar-refractivity contribution in [2.75, 3.05) is 0 Å². The Morgan fingerprint density at radius 2 is 1.20 bits per heavy atom. The molecule has 3 heterocycles. The summed E-state index contributed by atoms with van der Waals surface area (Å²) in [7, 11) is 0. The van der Waals surface area contributed by atoms with Gasteiger partial charge in [0.1, 0.15) is 12.0 Å². The molecule has 9 aromatic rings. The van der Waals surface area contributed by atoms with Crippen molar-refractivity contribution < 1.29 is 0 Å². The summed E-state index contributed by atoms with van der Waals surface area (Å²) in [6.45, 7) is 0. The molecule has 4 nitrogen and oxygen atoms in total. The first kappa shape index (κ1) is 28.7. The quantitative estimate of drug-likeness (QED) is 0.196. The van der Waals surface area contributed by atoms with Gasteiger partial charge in [0.2, 0.25) is 0 Å². The molecule has 7 aromatic carbocycles. The molecule has 0 spiro atoms. The van der Waals surface area contributed by atoms with Crippen LogP contribution in [0.5, 0.6) is 0 Å². The van der Waals surface area contributed by atoms with Crippen molar-refractivity contribution in [3.05, 3.63) is 187 Å². The summed E-state index contributed by atoms with van der Waals surface area (Å²) >= 11 is 1.87. The molecular formula is C45H30N4S. The number of hydrogen-bond acceptors (Lipinski definition) is 4. The average molecular weight is 659 g/mol. The number of nitrogens with one attached hydrogen (secondary N) is 1. The number of amidine groups is 2. The number of nitrogens with zero attached hydrogens (tertiary/aromatic N) is 3. The zero-order valence-electron chi connectivity index (χ0n) is 27.0. The highest BCUT2D eigenvalue weighted by Gasteiger charge is 2.22. The summed E-state index contributed by atoms with van der Waals surface area (Å²) in [5, 5.41) is 8.78. The Labute approximate surface area is 293 Å². The molecule has 10 rings (SSSR count). The lowest BCUT2D eigenvalue weighted by molar-refractivity contribution is 0.674. The number of hydrogen-bond donors (Lipinski definition) is 1. The van der Waals surface area contributed by atoms with Crippen molar-refractivity contribution in [3.8, 4) is 16.8 Å². The van der Waals surface area contributed by atoms with Crippen LogP contribution in [0.4, 0.5) is 0 Å². The normalized spacial score (nSPS) is 14.6. The van der Waals surface area contributed by atoms with E-state index in [-0.39, 0.29) is 6.17 Å². The number of para-hydroxylation sites is 1. The summed E-state index contributed by atoms with van der Waals surface area (Å²) in [4.78, 5) is 10.3. The van der Waals surface area contributed by atoms with Crippen LogP contribution in [-0.2, 0) is 0 Å². The van der Waals surface area contributed by atoms with Gasteiger partial charge >= 0.3 is 0 Å². The maximum absolute atomic E-state index is 5.14. The molecule has 1 atom stereocenters. The fourth-order valence-electron chi connectivity index (χ4n) is 7.27. The molecule has 2 aromatic heterocycles. The molecule has 1 aliphatic rings. The van der Waals surface area contributed by atoms with Gasteiger partial charge in [0.15, 0.2) is 5.84 Å². The smallest absolute Gasteiger partial charge is 0.159 e. The van der Waals surface area contributed by atoms with Gasteiger partial charge in [-0.1, -0.05) is 127 Å². The topological polar surface area (TPSA) is 41.7 Å². The first-order valence-corrected chi connectivity index (χ1v) is 17.7. The maximum Gasteiger partial charge on any atom is 0.159 e. The molecule has 236 valence electrons. The zero-order chi connectivity index (χ0) is 33.0. The summed E-state index contributed by atoms with van der Waals surface area (Å²) in [5.41, 5.74) is 8.96. The van der Waals surface area contributed by atoms with Gasteiger partial charge in [-0.05, 0) is 59.2 Å². The molecule has 1 aliphatic heterocycles. The number of rotatable bonds is 5. The van der Waals surface area contributed by atoms with E-state index in [9.17, 15) is 0 Å². The molecule has 0 radical (unpaired) electrons. The number of fused-ring (bicyclic) bond motifs is 7. The largest absolute Gasteiger partial charge is 0.344 e. The molecule has 0 aliphatic carbocycles. The lowest BCUT2D eigenvalue weighted by Crippen LogP contribution is -2.33. The SMILES string of the molecule is c1ccc(-c2cccc(C3=NC(c4ccccc4)NC(c4ccc(-n5c6ccccc6c6ccc7c8ccccc8sc7c65)cc4)=N3)c2)cc1. The lowest BCUT2D eigenvalue weighted by atomic mass is 10.0. The van der Waals surface area contributed by atoms with Gasteiger partial charge in [0.25, 0.3) is 0 Å². The average Bonchev–Trinajstić information content (AvgIpc) is 3.75. The first-order chi connectivity index (χ1) is 24.8. The third kappa shape index (κ3) is 4.74. The number of aliphatic imine (C=N–C) groups is 2. The van der Waals surface area contributed by atoms with Crippen molar-refractivity contribution in [2.45, 2.75) is 6.17 Å². The third-order valence-electron chi connectivity index (χ3n) is 9.66.